The van der Waals surface area contributed by atoms with Gasteiger partial charge in [-0.3, -0.25) is 5.10 Å². The second-order valence-electron chi connectivity index (χ2n) is 4.85. The average molecular weight is 318 g/mol. The molecule has 0 saturated heterocycles. The van der Waals surface area contributed by atoms with Crippen molar-refractivity contribution in [2.24, 2.45) is 0 Å². The van der Waals surface area contributed by atoms with E-state index in [9.17, 15) is 5.21 Å². The predicted molar refractivity (Wildman–Crippen MR) is 80.8 cm³/mol. The normalized spacial score (nSPS) is 10.8. The summed E-state index contributed by atoms with van der Waals surface area (Å²) in [6.45, 7) is 1.82. The monoisotopic (exact) mass is 318 g/mol. The van der Waals surface area contributed by atoms with Crippen molar-refractivity contribution in [2.75, 3.05) is 5.48 Å². The third-order valence-corrected chi connectivity index (χ3v) is 3.45. The SMILES string of the molecule is Cc1nc2ccc(-c3n[nH]c4ccc(N[O-])cc34)cc2o1.[K+]. The van der Waals surface area contributed by atoms with E-state index in [4.69, 9.17) is 4.42 Å². The van der Waals surface area contributed by atoms with E-state index in [0.29, 0.717) is 11.6 Å². The number of fused-ring (bicyclic) bond motifs is 2. The van der Waals surface area contributed by atoms with Crippen LogP contribution in [0.4, 0.5) is 5.69 Å². The molecule has 0 spiro atoms. The molecule has 0 unspecified atom stereocenters. The van der Waals surface area contributed by atoms with Gasteiger partial charge in [-0.1, -0.05) is 6.07 Å². The molecule has 0 atom stereocenters. The van der Waals surface area contributed by atoms with Crippen molar-refractivity contribution in [1.82, 2.24) is 15.2 Å². The third-order valence-electron chi connectivity index (χ3n) is 3.45. The molecule has 0 amide bonds. The van der Waals surface area contributed by atoms with Gasteiger partial charge in [-0.25, -0.2) is 4.98 Å². The van der Waals surface area contributed by atoms with Crippen LogP contribution in [0.3, 0.4) is 0 Å². The minimum atomic E-state index is 0. The first-order chi connectivity index (χ1) is 10.2. The second-order valence-corrected chi connectivity index (χ2v) is 4.85. The molecule has 2 heterocycles. The molecular formula is C15H11KN4O2. The minimum Gasteiger partial charge on any atom is -0.761 e. The molecule has 2 aromatic heterocycles. The maximum atomic E-state index is 10.8. The van der Waals surface area contributed by atoms with Crippen molar-refractivity contribution in [3.8, 4) is 11.3 Å². The molecule has 2 N–H and O–H groups in total. The summed E-state index contributed by atoms with van der Waals surface area (Å²) in [5.74, 6) is 0.631. The zero-order valence-electron chi connectivity index (χ0n) is 12.2. The van der Waals surface area contributed by atoms with Gasteiger partial charge in [0.2, 0.25) is 0 Å². The number of rotatable bonds is 2. The first-order valence-electron chi connectivity index (χ1n) is 6.48. The van der Waals surface area contributed by atoms with Gasteiger partial charge in [0.05, 0.1) is 5.52 Å². The summed E-state index contributed by atoms with van der Waals surface area (Å²) in [5, 5.41) is 19.0. The van der Waals surface area contributed by atoms with Crippen molar-refractivity contribution >= 4 is 27.7 Å². The molecule has 0 aliphatic heterocycles. The summed E-state index contributed by atoms with van der Waals surface area (Å²) in [7, 11) is 0. The number of nitrogens with one attached hydrogen (secondary N) is 2. The fourth-order valence-corrected chi connectivity index (χ4v) is 2.48. The molecule has 104 valence electrons. The number of oxazole rings is 1. The molecule has 6 nitrogen and oxygen atoms in total. The Morgan fingerprint density at radius 3 is 2.86 bits per heavy atom. The Kier molecular flexibility index (Phi) is 4.35. The van der Waals surface area contributed by atoms with Crippen LogP contribution < -0.4 is 56.9 Å². The van der Waals surface area contributed by atoms with Crippen molar-refractivity contribution in [3.05, 3.63) is 47.5 Å². The van der Waals surface area contributed by atoms with Gasteiger partial charge >= 0.3 is 51.4 Å². The molecule has 0 fully saturated rings. The van der Waals surface area contributed by atoms with E-state index in [0.717, 1.165) is 33.3 Å². The number of H-pyrrole nitrogens is 1. The van der Waals surface area contributed by atoms with Crippen molar-refractivity contribution in [1.29, 1.82) is 0 Å². The Bertz CT molecular complexity index is 961. The molecule has 4 aromatic rings. The van der Waals surface area contributed by atoms with Crippen molar-refractivity contribution < 1.29 is 55.8 Å². The molecular weight excluding hydrogens is 307 g/mol. The summed E-state index contributed by atoms with van der Waals surface area (Å²) in [6, 6.07) is 11.1. The Morgan fingerprint density at radius 1 is 1.18 bits per heavy atom. The van der Waals surface area contributed by atoms with Crippen LogP contribution in [0.25, 0.3) is 33.3 Å². The minimum absolute atomic E-state index is 0. The first kappa shape index (κ1) is 15.7. The van der Waals surface area contributed by atoms with E-state index in [1.54, 1.807) is 12.1 Å². The molecule has 0 bridgehead atoms. The van der Waals surface area contributed by atoms with Crippen LogP contribution in [-0.2, 0) is 0 Å². The Hall–Kier alpha value is -1.22. The van der Waals surface area contributed by atoms with Crippen molar-refractivity contribution in [3.63, 3.8) is 0 Å². The number of aromatic nitrogens is 3. The largest absolute Gasteiger partial charge is 1.00 e. The van der Waals surface area contributed by atoms with Crippen LogP contribution >= 0.6 is 0 Å². The van der Waals surface area contributed by atoms with Gasteiger partial charge in [0.15, 0.2) is 11.5 Å². The fraction of sp³-hybridized carbons (Fsp3) is 0.0667. The summed E-state index contributed by atoms with van der Waals surface area (Å²) in [5.41, 5.74) is 6.50. The van der Waals surface area contributed by atoms with Gasteiger partial charge in [-0.15, -0.1) is 0 Å². The zero-order chi connectivity index (χ0) is 14.4. The number of hydrogen-bond acceptors (Lipinski definition) is 5. The summed E-state index contributed by atoms with van der Waals surface area (Å²) < 4.78 is 5.55. The Labute approximate surface area is 168 Å². The summed E-state index contributed by atoms with van der Waals surface area (Å²) >= 11 is 0. The smallest absolute Gasteiger partial charge is 0.761 e. The van der Waals surface area contributed by atoms with E-state index in [1.807, 2.05) is 36.7 Å². The number of anilines is 1. The van der Waals surface area contributed by atoms with Gasteiger partial charge in [-0.2, -0.15) is 5.10 Å². The van der Waals surface area contributed by atoms with Crippen LogP contribution in [0, 0.1) is 12.1 Å². The van der Waals surface area contributed by atoms with Crippen LogP contribution in [0.1, 0.15) is 5.89 Å². The molecule has 4 rings (SSSR count). The van der Waals surface area contributed by atoms with Gasteiger partial charge < -0.3 is 15.1 Å². The maximum Gasteiger partial charge on any atom is 1.00 e. The van der Waals surface area contributed by atoms with E-state index in [-0.39, 0.29) is 51.4 Å². The molecule has 7 heteroatoms. The fourth-order valence-electron chi connectivity index (χ4n) is 2.48. The Balaban J connectivity index is 0.00000144. The van der Waals surface area contributed by atoms with Crippen molar-refractivity contribution in [2.45, 2.75) is 6.92 Å². The van der Waals surface area contributed by atoms with E-state index < -0.39 is 0 Å². The van der Waals surface area contributed by atoms with Gasteiger partial charge in [0.25, 0.3) is 0 Å². The number of aryl methyl sites for hydroxylation is 1. The van der Waals surface area contributed by atoms with E-state index >= 15 is 0 Å². The average Bonchev–Trinajstić information content (AvgIpc) is 3.07. The topological polar surface area (TPSA) is 89.8 Å². The maximum absolute atomic E-state index is 10.8. The quantitative estimate of drug-likeness (QED) is 0.417. The number of aromatic amines is 1. The number of hydrogen-bond donors (Lipinski definition) is 2. The molecule has 2 aromatic carbocycles. The number of nitrogens with zero attached hydrogens (tertiary/aromatic N) is 2. The predicted octanol–water partition coefficient (Wildman–Crippen LogP) is 0.593. The van der Waals surface area contributed by atoms with Crippen LogP contribution in [0.2, 0.25) is 0 Å². The first-order valence-corrected chi connectivity index (χ1v) is 6.48. The van der Waals surface area contributed by atoms with E-state index in [1.165, 1.54) is 0 Å². The summed E-state index contributed by atoms with van der Waals surface area (Å²) in [4.78, 5) is 4.28. The van der Waals surface area contributed by atoms with Crippen LogP contribution in [0.5, 0.6) is 0 Å². The van der Waals surface area contributed by atoms with E-state index in [2.05, 4.69) is 15.2 Å². The zero-order valence-corrected chi connectivity index (χ0v) is 15.3. The standard InChI is InChI=1S/C15H11N4O2.K/c1-8-16-13-4-2-9(6-14(13)21-8)15-11-7-10(19-20)3-5-12(11)17-18-15;/h2-7,19H,1H3,(H,17,18);/q-1;+1. The molecule has 0 radical (unpaired) electrons. The number of benzene rings is 2. The van der Waals surface area contributed by atoms with Gasteiger partial charge in [0, 0.05) is 23.6 Å². The molecule has 0 saturated carbocycles. The van der Waals surface area contributed by atoms with Crippen LogP contribution in [-0.4, -0.2) is 15.2 Å². The molecule has 22 heavy (non-hydrogen) atoms. The van der Waals surface area contributed by atoms with Crippen LogP contribution in [0.15, 0.2) is 40.8 Å². The Morgan fingerprint density at radius 2 is 2.05 bits per heavy atom. The second kappa shape index (κ2) is 6.11. The molecule has 0 aliphatic rings. The third kappa shape index (κ3) is 2.60. The van der Waals surface area contributed by atoms with Gasteiger partial charge in [-0.05, 0) is 30.3 Å². The molecule has 0 aliphatic carbocycles. The summed E-state index contributed by atoms with van der Waals surface area (Å²) in [6.07, 6.45) is 0. The van der Waals surface area contributed by atoms with Gasteiger partial charge in [0.1, 0.15) is 11.2 Å².